The smallest absolute Gasteiger partial charge is 0.327 e. The molecule has 6 nitrogen and oxygen atoms in total. The molecule has 0 radical (unpaired) electrons. The summed E-state index contributed by atoms with van der Waals surface area (Å²) in [6, 6.07) is 1.28. The number of urea groups is 1. The summed E-state index contributed by atoms with van der Waals surface area (Å²) in [5, 5.41) is 2.79. The summed E-state index contributed by atoms with van der Waals surface area (Å²) in [5.74, 6) is 0.672. The molecule has 0 aliphatic carbocycles. The first kappa shape index (κ1) is 18.3. The Kier molecular flexibility index (Phi) is 7.39. The topological polar surface area (TPSA) is 75.2 Å². The molecular formula is C17H22N4O2. The van der Waals surface area contributed by atoms with Gasteiger partial charge in [-0.1, -0.05) is 32.6 Å². The van der Waals surface area contributed by atoms with E-state index >= 15 is 0 Å². The van der Waals surface area contributed by atoms with Gasteiger partial charge in [-0.05, 0) is 24.5 Å². The highest BCUT2D eigenvalue weighted by Gasteiger charge is 2.15. The highest BCUT2D eigenvalue weighted by Crippen LogP contribution is 2.17. The zero-order valence-electron chi connectivity index (χ0n) is 13.7. The van der Waals surface area contributed by atoms with Crippen LogP contribution in [0.2, 0.25) is 0 Å². The maximum Gasteiger partial charge on any atom is 0.327 e. The first-order valence-electron chi connectivity index (χ1n) is 7.32. The van der Waals surface area contributed by atoms with Gasteiger partial charge in [0, 0.05) is 18.8 Å². The quantitative estimate of drug-likeness (QED) is 0.477. The van der Waals surface area contributed by atoms with Gasteiger partial charge in [-0.3, -0.25) is 9.69 Å². The summed E-state index contributed by atoms with van der Waals surface area (Å²) in [7, 11) is 0. The number of amides is 2. The van der Waals surface area contributed by atoms with E-state index in [0.717, 1.165) is 0 Å². The lowest BCUT2D eigenvalue weighted by molar-refractivity contribution is -0.104. The summed E-state index contributed by atoms with van der Waals surface area (Å²) in [5.41, 5.74) is 1.31. The van der Waals surface area contributed by atoms with Gasteiger partial charge in [0.05, 0.1) is 5.69 Å². The molecule has 1 heterocycles. The van der Waals surface area contributed by atoms with Crippen LogP contribution in [-0.2, 0) is 4.79 Å². The van der Waals surface area contributed by atoms with Crippen LogP contribution in [0.15, 0.2) is 43.4 Å². The molecule has 0 bridgehead atoms. The van der Waals surface area contributed by atoms with Crippen molar-refractivity contribution in [3.05, 3.63) is 49.1 Å². The van der Waals surface area contributed by atoms with Crippen molar-refractivity contribution >= 4 is 23.7 Å². The van der Waals surface area contributed by atoms with Crippen molar-refractivity contribution in [3.8, 4) is 0 Å². The molecule has 1 aromatic rings. The molecule has 0 unspecified atom stereocenters. The maximum atomic E-state index is 12.3. The van der Waals surface area contributed by atoms with Gasteiger partial charge in [-0.25, -0.2) is 14.8 Å². The van der Waals surface area contributed by atoms with Crippen LogP contribution in [0, 0.1) is 5.92 Å². The molecule has 0 spiro atoms. The molecule has 122 valence electrons. The van der Waals surface area contributed by atoms with Gasteiger partial charge in [0.2, 0.25) is 0 Å². The van der Waals surface area contributed by atoms with Crippen LogP contribution < -0.4 is 10.2 Å². The molecule has 1 rings (SSSR count). The van der Waals surface area contributed by atoms with Gasteiger partial charge < -0.3 is 5.32 Å². The number of allylic oxidation sites excluding steroid dienone is 4. The predicted octanol–water partition coefficient (Wildman–Crippen LogP) is 2.95. The molecule has 1 aromatic heterocycles. The summed E-state index contributed by atoms with van der Waals surface area (Å²) >= 11 is 0. The Hall–Kier alpha value is -2.76. The number of nitrogens with zero attached hydrogens (tertiary/aromatic N) is 3. The average molecular weight is 314 g/mol. The average Bonchev–Trinajstić information content (AvgIpc) is 2.53. The standard InChI is InChI=1S/C17H22N4O2/c1-5-7-14(4)15-10-16(20-12-19-15)21(8-6-9-22)17(23)18-11-13(2)3/h5-10,12-13H,4,11H2,1-3H3,(H,18,23). The highest BCUT2D eigenvalue weighted by molar-refractivity contribution is 5.93. The second-order valence-electron chi connectivity index (χ2n) is 5.21. The third-order valence-corrected chi connectivity index (χ3v) is 2.79. The van der Waals surface area contributed by atoms with Crippen molar-refractivity contribution in [2.24, 2.45) is 5.92 Å². The number of aldehydes is 1. The van der Waals surface area contributed by atoms with Crippen LogP contribution >= 0.6 is 0 Å². The van der Waals surface area contributed by atoms with Gasteiger partial charge in [0.15, 0.2) is 0 Å². The lowest BCUT2D eigenvalue weighted by Gasteiger charge is -2.19. The van der Waals surface area contributed by atoms with Gasteiger partial charge in [-0.2, -0.15) is 0 Å². The minimum absolute atomic E-state index is 0.311. The number of carbonyl (C=O) groups is 2. The van der Waals surface area contributed by atoms with Gasteiger partial charge in [-0.15, -0.1) is 0 Å². The van der Waals surface area contributed by atoms with Crippen molar-refractivity contribution in [1.82, 2.24) is 15.3 Å². The van der Waals surface area contributed by atoms with Crippen LogP contribution in [0.4, 0.5) is 10.6 Å². The Balaban J connectivity index is 3.09. The van der Waals surface area contributed by atoms with Crippen LogP contribution in [0.1, 0.15) is 26.5 Å². The van der Waals surface area contributed by atoms with Crippen LogP contribution in [-0.4, -0.2) is 28.8 Å². The lowest BCUT2D eigenvalue weighted by atomic mass is 10.2. The molecule has 2 amide bonds. The van der Waals surface area contributed by atoms with Crippen molar-refractivity contribution in [1.29, 1.82) is 0 Å². The molecule has 0 saturated carbocycles. The molecule has 0 saturated heterocycles. The second-order valence-corrected chi connectivity index (χ2v) is 5.21. The number of hydrogen-bond acceptors (Lipinski definition) is 4. The Labute approximate surface area is 136 Å². The van der Waals surface area contributed by atoms with E-state index in [9.17, 15) is 9.59 Å². The molecule has 1 N–H and O–H groups in total. The van der Waals surface area contributed by atoms with E-state index in [-0.39, 0.29) is 6.03 Å². The molecule has 6 heteroatoms. The van der Waals surface area contributed by atoms with E-state index in [2.05, 4.69) is 21.9 Å². The number of aromatic nitrogens is 2. The van der Waals surface area contributed by atoms with E-state index in [0.29, 0.717) is 35.8 Å². The first-order valence-corrected chi connectivity index (χ1v) is 7.32. The molecule has 23 heavy (non-hydrogen) atoms. The molecule has 0 aliphatic rings. The molecule has 0 atom stereocenters. The highest BCUT2D eigenvalue weighted by atomic mass is 16.2. The Morgan fingerprint density at radius 2 is 2.17 bits per heavy atom. The number of nitrogens with one attached hydrogen (secondary N) is 1. The second kappa shape index (κ2) is 9.30. The van der Waals surface area contributed by atoms with Gasteiger partial charge in [0.25, 0.3) is 0 Å². The van der Waals surface area contributed by atoms with Crippen LogP contribution in [0.5, 0.6) is 0 Å². The first-order chi connectivity index (χ1) is 11.0. The predicted molar refractivity (Wildman–Crippen MR) is 91.8 cm³/mol. The van der Waals surface area contributed by atoms with E-state index in [1.54, 1.807) is 6.07 Å². The SMILES string of the molecule is C=C(C=CC)c1cc(N(C=CC=O)C(=O)NCC(C)C)ncn1. The fraction of sp³-hybridized carbons (Fsp3) is 0.294. The third-order valence-electron chi connectivity index (χ3n) is 2.79. The van der Waals surface area contributed by atoms with Crippen LogP contribution in [0.3, 0.4) is 0 Å². The van der Waals surface area contributed by atoms with E-state index in [1.807, 2.05) is 32.9 Å². The third kappa shape index (κ3) is 5.86. The fourth-order valence-electron chi connectivity index (χ4n) is 1.69. The monoisotopic (exact) mass is 314 g/mol. The molecular weight excluding hydrogens is 292 g/mol. The van der Waals surface area contributed by atoms with Crippen molar-refractivity contribution < 1.29 is 9.59 Å². The zero-order valence-corrected chi connectivity index (χ0v) is 13.7. The molecule has 0 aromatic carbocycles. The minimum Gasteiger partial charge on any atom is -0.337 e. The summed E-state index contributed by atoms with van der Waals surface area (Å²) in [4.78, 5) is 32.4. The van der Waals surface area contributed by atoms with Crippen molar-refractivity contribution in [2.45, 2.75) is 20.8 Å². The number of hydrogen-bond donors (Lipinski definition) is 1. The number of rotatable bonds is 7. The van der Waals surface area contributed by atoms with Crippen LogP contribution in [0.25, 0.3) is 5.57 Å². The normalized spacial score (nSPS) is 11.1. The molecule has 0 fully saturated rings. The summed E-state index contributed by atoms with van der Waals surface area (Å²) in [6.45, 7) is 10.3. The molecule has 0 aliphatic heterocycles. The van der Waals surface area contributed by atoms with E-state index in [4.69, 9.17) is 0 Å². The largest absolute Gasteiger partial charge is 0.337 e. The van der Waals surface area contributed by atoms with E-state index in [1.165, 1.54) is 23.5 Å². The Morgan fingerprint density at radius 3 is 2.78 bits per heavy atom. The van der Waals surface area contributed by atoms with Gasteiger partial charge >= 0.3 is 6.03 Å². The van der Waals surface area contributed by atoms with E-state index < -0.39 is 0 Å². The number of carbonyl (C=O) groups excluding carboxylic acids is 2. The van der Waals surface area contributed by atoms with Crippen molar-refractivity contribution in [2.75, 3.05) is 11.4 Å². The Bertz CT molecular complexity index is 621. The maximum absolute atomic E-state index is 12.3. The fourth-order valence-corrected chi connectivity index (χ4v) is 1.69. The Morgan fingerprint density at radius 1 is 1.43 bits per heavy atom. The zero-order chi connectivity index (χ0) is 17.2. The number of anilines is 1. The summed E-state index contributed by atoms with van der Waals surface area (Å²) in [6.07, 6.45) is 8.23. The van der Waals surface area contributed by atoms with Gasteiger partial charge in [0.1, 0.15) is 18.4 Å². The lowest BCUT2D eigenvalue weighted by Crippen LogP contribution is -2.38. The summed E-state index contributed by atoms with van der Waals surface area (Å²) < 4.78 is 0. The minimum atomic E-state index is -0.363. The van der Waals surface area contributed by atoms with Crippen molar-refractivity contribution in [3.63, 3.8) is 0 Å².